The average Bonchev–Trinajstić information content (AvgIpc) is 1.92. The van der Waals surface area contributed by atoms with Crippen LogP contribution < -0.4 is 29.7 Å². The molecule has 0 saturated heterocycles. The summed E-state index contributed by atoms with van der Waals surface area (Å²) in [5.74, 6) is -0.875. The van der Waals surface area contributed by atoms with Gasteiger partial charge in [-0.2, -0.15) is 8.42 Å². The third-order valence-corrected chi connectivity index (χ3v) is 2.16. The smallest absolute Gasteiger partial charge is 0.870 e. The zero-order chi connectivity index (χ0) is 9.35. The Morgan fingerprint density at radius 3 is 2.31 bits per heavy atom. The summed E-state index contributed by atoms with van der Waals surface area (Å²) >= 11 is 0. The molecule has 1 rings (SSSR count). The van der Waals surface area contributed by atoms with Gasteiger partial charge in [-0.3, -0.25) is 4.55 Å². The molecule has 13 heavy (non-hydrogen) atoms. The van der Waals surface area contributed by atoms with Crippen LogP contribution >= 0.6 is 0 Å². The summed E-state index contributed by atoms with van der Waals surface area (Å²) in [7, 11) is -4.45. The monoisotopic (exact) mass is 195 g/mol. The maximum absolute atomic E-state index is 11.0. The molecule has 0 fully saturated rings. The molecule has 0 radical (unpaired) electrons. The van der Waals surface area contributed by atoms with Crippen molar-refractivity contribution in [3.05, 3.63) is 18.2 Å². The second kappa shape index (κ2) is 4.02. The van der Waals surface area contributed by atoms with Crippen molar-refractivity contribution >= 4 is 15.8 Å². The molecule has 7 heteroatoms. The van der Waals surface area contributed by atoms with Crippen molar-refractivity contribution in [1.29, 1.82) is 0 Å². The van der Waals surface area contributed by atoms with Gasteiger partial charge in [-0.25, -0.2) is 0 Å². The summed E-state index contributed by atoms with van der Waals surface area (Å²) in [5.41, 5.74) is 4.93. The van der Waals surface area contributed by atoms with E-state index in [1.54, 1.807) is 0 Å². The molecule has 0 saturated carbocycles. The van der Waals surface area contributed by atoms with Gasteiger partial charge in [0.1, 0.15) is 0 Å². The Labute approximate surface area is 87.5 Å². The van der Waals surface area contributed by atoms with Crippen molar-refractivity contribution in [1.82, 2.24) is 0 Å². The Bertz CT molecular complexity index is 403. The molecule has 0 aliphatic heterocycles. The fourth-order valence-electron chi connectivity index (χ4n) is 0.736. The standard InChI is InChI=1S/C6H7NO4S.Li/c7-4-2-1-3-5(6(4)8)12(9,10)11;/h1-3,8H,7H2,(H,9,10,11);/q;+1/p-1. The molecule has 0 aromatic heterocycles. The Hall–Kier alpha value is -0.673. The number of nitrogen functional groups attached to an aromatic ring is 1. The fraction of sp³-hybridized carbons (Fsp3) is 0. The normalized spacial score (nSPS) is 10.5. The first-order valence-electron chi connectivity index (χ1n) is 2.96. The van der Waals surface area contributed by atoms with Gasteiger partial charge in [0.2, 0.25) is 0 Å². The minimum Gasteiger partial charge on any atom is -0.870 e. The molecule has 3 N–H and O–H groups in total. The van der Waals surface area contributed by atoms with E-state index in [-0.39, 0.29) is 24.5 Å². The molecular formula is C6H6LiNO4S. The molecule has 0 atom stereocenters. The Morgan fingerprint density at radius 1 is 1.38 bits per heavy atom. The van der Waals surface area contributed by atoms with E-state index >= 15 is 0 Å². The molecular weight excluding hydrogens is 189 g/mol. The molecule has 0 amide bonds. The van der Waals surface area contributed by atoms with E-state index in [2.05, 4.69) is 0 Å². The van der Waals surface area contributed by atoms with Crippen LogP contribution in [0, 0.1) is 0 Å². The van der Waals surface area contributed by atoms with Crippen molar-refractivity contribution < 1.29 is 36.9 Å². The number of hydrogen-bond donors (Lipinski definition) is 2. The topological polar surface area (TPSA) is 103 Å². The summed E-state index contributed by atoms with van der Waals surface area (Å²) in [6, 6.07) is 3.53. The summed E-state index contributed by atoms with van der Waals surface area (Å²) in [5, 5.41) is 11.0. The number of rotatable bonds is 1. The van der Waals surface area contributed by atoms with Crippen LogP contribution in [-0.2, 0) is 10.1 Å². The second-order valence-corrected chi connectivity index (χ2v) is 3.54. The predicted molar refractivity (Wildman–Crippen MR) is 40.1 cm³/mol. The minimum atomic E-state index is -4.45. The van der Waals surface area contributed by atoms with Crippen molar-refractivity contribution in [3.63, 3.8) is 0 Å². The predicted octanol–water partition coefficient (Wildman–Crippen LogP) is -3.41. The molecule has 1 aromatic rings. The van der Waals surface area contributed by atoms with Crippen LogP contribution in [0.5, 0.6) is 5.75 Å². The maximum atomic E-state index is 11.0. The van der Waals surface area contributed by atoms with Crippen LogP contribution in [0.3, 0.4) is 0 Å². The van der Waals surface area contributed by atoms with E-state index in [0.717, 1.165) is 6.07 Å². The number of nitrogens with two attached hydrogens (primary N) is 1. The molecule has 66 valence electrons. The Kier molecular flexibility index (Phi) is 3.82. The van der Waals surface area contributed by atoms with E-state index in [9.17, 15) is 13.5 Å². The van der Waals surface area contributed by atoms with Gasteiger partial charge in [0, 0.05) is 5.69 Å². The zero-order valence-electron chi connectivity index (χ0n) is 6.89. The summed E-state index contributed by atoms with van der Waals surface area (Å²) < 4.78 is 29.5. The first-order chi connectivity index (χ1) is 5.43. The maximum Gasteiger partial charge on any atom is 1.00 e. The first-order valence-corrected chi connectivity index (χ1v) is 4.40. The van der Waals surface area contributed by atoms with Crippen molar-refractivity contribution in [2.24, 2.45) is 0 Å². The Balaban J connectivity index is 0.00000144. The van der Waals surface area contributed by atoms with Gasteiger partial charge in [-0.05, 0) is 12.1 Å². The van der Waals surface area contributed by atoms with Crippen LogP contribution in [0.15, 0.2) is 23.1 Å². The number of benzene rings is 1. The minimum absolute atomic E-state index is 0. The number of para-hydroxylation sites is 1. The van der Waals surface area contributed by atoms with E-state index < -0.39 is 20.8 Å². The second-order valence-electron chi connectivity index (χ2n) is 2.15. The quantitative estimate of drug-likeness (QED) is 0.276. The van der Waals surface area contributed by atoms with Crippen molar-refractivity contribution in [2.45, 2.75) is 4.90 Å². The average molecular weight is 195 g/mol. The van der Waals surface area contributed by atoms with Gasteiger partial charge >= 0.3 is 18.9 Å². The van der Waals surface area contributed by atoms with E-state index in [1.807, 2.05) is 0 Å². The SMILES string of the molecule is Nc1cccc(S(=O)(=O)O)c1[O-].[Li+]. The van der Waals surface area contributed by atoms with E-state index in [1.165, 1.54) is 12.1 Å². The largest absolute Gasteiger partial charge is 1.00 e. The molecule has 1 aromatic carbocycles. The molecule has 0 aliphatic carbocycles. The van der Waals surface area contributed by atoms with Gasteiger partial charge in [-0.15, -0.1) is 0 Å². The molecule has 0 unspecified atom stereocenters. The molecule has 5 nitrogen and oxygen atoms in total. The van der Waals surface area contributed by atoms with Gasteiger partial charge < -0.3 is 10.8 Å². The first kappa shape index (κ1) is 12.3. The van der Waals surface area contributed by atoms with Crippen LogP contribution in [0.1, 0.15) is 0 Å². The Morgan fingerprint density at radius 2 is 1.92 bits per heavy atom. The third-order valence-electron chi connectivity index (χ3n) is 1.29. The van der Waals surface area contributed by atoms with Gasteiger partial charge in [0.25, 0.3) is 10.1 Å². The zero-order valence-corrected chi connectivity index (χ0v) is 7.71. The fourth-order valence-corrected chi connectivity index (χ4v) is 1.34. The molecule has 0 spiro atoms. The van der Waals surface area contributed by atoms with Crippen LogP contribution in [-0.4, -0.2) is 13.0 Å². The van der Waals surface area contributed by atoms with Crippen molar-refractivity contribution in [3.8, 4) is 5.75 Å². The molecule has 0 aliphatic rings. The summed E-state index contributed by atoms with van der Waals surface area (Å²) in [4.78, 5) is -0.692. The molecule has 0 bridgehead atoms. The number of hydrogen-bond acceptors (Lipinski definition) is 4. The van der Waals surface area contributed by atoms with E-state index in [4.69, 9.17) is 10.3 Å². The van der Waals surface area contributed by atoms with Gasteiger partial charge in [0.05, 0.1) is 4.90 Å². The van der Waals surface area contributed by atoms with Crippen LogP contribution in [0.25, 0.3) is 0 Å². The summed E-state index contributed by atoms with van der Waals surface area (Å²) in [6.07, 6.45) is 0. The third kappa shape index (κ3) is 2.64. The van der Waals surface area contributed by atoms with Gasteiger partial charge in [-0.1, -0.05) is 11.8 Å². The van der Waals surface area contributed by atoms with Gasteiger partial charge in [0.15, 0.2) is 0 Å². The van der Waals surface area contributed by atoms with Crippen LogP contribution in [0.4, 0.5) is 5.69 Å². The van der Waals surface area contributed by atoms with Crippen molar-refractivity contribution in [2.75, 3.05) is 5.73 Å². The number of anilines is 1. The van der Waals surface area contributed by atoms with E-state index in [0.29, 0.717) is 0 Å². The molecule has 0 heterocycles. The summed E-state index contributed by atoms with van der Waals surface area (Å²) in [6.45, 7) is 0. The van der Waals surface area contributed by atoms with Crippen LogP contribution in [0.2, 0.25) is 0 Å².